The first kappa shape index (κ1) is 19.0. The van der Waals surface area contributed by atoms with Gasteiger partial charge in [-0.2, -0.15) is 0 Å². The van der Waals surface area contributed by atoms with Gasteiger partial charge in [-0.25, -0.2) is 8.42 Å². The highest BCUT2D eigenvalue weighted by Gasteiger charge is 2.15. The lowest BCUT2D eigenvalue weighted by molar-refractivity contribution is -0.111. The Balaban J connectivity index is 2.16. The van der Waals surface area contributed by atoms with Crippen molar-refractivity contribution in [3.63, 3.8) is 0 Å². The molecule has 130 valence electrons. The Morgan fingerprint density at radius 1 is 1.04 bits per heavy atom. The van der Waals surface area contributed by atoms with Crippen LogP contribution in [0.2, 0.25) is 0 Å². The minimum atomic E-state index is -3.75. The van der Waals surface area contributed by atoms with Crippen molar-refractivity contribution in [2.75, 3.05) is 10.0 Å². The van der Waals surface area contributed by atoms with Crippen molar-refractivity contribution in [2.45, 2.75) is 11.8 Å². The molecule has 0 saturated heterocycles. The van der Waals surface area contributed by atoms with Crippen molar-refractivity contribution in [1.82, 2.24) is 0 Å². The van der Waals surface area contributed by atoms with Crippen LogP contribution in [0.1, 0.15) is 6.92 Å². The van der Waals surface area contributed by atoms with Crippen LogP contribution < -0.4 is 10.0 Å². The van der Waals surface area contributed by atoms with Gasteiger partial charge in [0.15, 0.2) is 0 Å². The molecular weight excluding hydrogens is 404 g/mol. The lowest BCUT2D eigenvalue weighted by atomic mass is 10.3. The third-order valence-corrected chi connectivity index (χ3v) is 4.97. The van der Waals surface area contributed by atoms with Crippen LogP contribution in [0.25, 0.3) is 0 Å². The van der Waals surface area contributed by atoms with E-state index in [1.807, 2.05) is 6.92 Å². The first-order chi connectivity index (χ1) is 11.9. The third-order valence-electron chi connectivity index (χ3n) is 3.06. The maximum Gasteiger partial charge on any atom is 0.261 e. The minimum Gasteiger partial charge on any atom is -0.322 e. The van der Waals surface area contributed by atoms with Gasteiger partial charge in [0.25, 0.3) is 10.0 Å². The van der Waals surface area contributed by atoms with Crippen molar-refractivity contribution >= 4 is 43.2 Å². The quantitative estimate of drug-likeness (QED) is 0.539. The van der Waals surface area contributed by atoms with Crippen LogP contribution in [0.4, 0.5) is 11.4 Å². The van der Waals surface area contributed by atoms with Crippen molar-refractivity contribution in [2.24, 2.45) is 0 Å². The van der Waals surface area contributed by atoms with E-state index >= 15 is 0 Å². The number of carbonyl (C=O) groups is 1. The molecule has 0 atom stereocenters. The average molecular weight is 421 g/mol. The van der Waals surface area contributed by atoms with Gasteiger partial charge >= 0.3 is 0 Å². The summed E-state index contributed by atoms with van der Waals surface area (Å²) in [5.74, 6) is -0.339. The Hall–Kier alpha value is -2.38. The molecule has 0 aromatic heterocycles. The Morgan fingerprint density at radius 3 is 2.44 bits per heavy atom. The molecule has 0 heterocycles. The smallest absolute Gasteiger partial charge is 0.261 e. The molecule has 2 N–H and O–H groups in total. The molecule has 1 amide bonds. The molecule has 0 aliphatic rings. The van der Waals surface area contributed by atoms with Gasteiger partial charge in [-0.05, 0) is 49.4 Å². The second-order valence-electron chi connectivity index (χ2n) is 5.01. The highest BCUT2D eigenvalue weighted by molar-refractivity contribution is 9.10. The van der Waals surface area contributed by atoms with E-state index in [1.165, 1.54) is 18.2 Å². The first-order valence-corrected chi connectivity index (χ1v) is 9.67. The van der Waals surface area contributed by atoms with Crippen molar-refractivity contribution in [3.8, 4) is 0 Å². The van der Waals surface area contributed by atoms with Crippen LogP contribution in [-0.4, -0.2) is 14.3 Å². The van der Waals surface area contributed by atoms with Gasteiger partial charge in [0, 0.05) is 21.9 Å². The number of hydrogen-bond donors (Lipinski definition) is 2. The van der Waals surface area contributed by atoms with Gasteiger partial charge < -0.3 is 5.32 Å². The summed E-state index contributed by atoms with van der Waals surface area (Å²) in [4.78, 5) is 11.8. The van der Waals surface area contributed by atoms with Crippen LogP contribution >= 0.6 is 15.9 Å². The predicted molar refractivity (Wildman–Crippen MR) is 104 cm³/mol. The summed E-state index contributed by atoms with van der Waals surface area (Å²) in [7, 11) is -3.75. The van der Waals surface area contributed by atoms with E-state index in [-0.39, 0.29) is 10.8 Å². The number of anilines is 2. The van der Waals surface area contributed by atoms with E-state index in [0.29, 0.717) is 11.4 Å². The number of halogens is 1. The second kappa shape index (κ2) is 8.64. The third kappa shape index (κ3) is 5.88. The fourth-order valence-electron chi connectivity index (χ4n) is 1.91. The molecule has 0 spiro atoms. The summed E-state index contributed by atoms with van der Waals surface area (Å²) in [6.45, 7) is 1.84. The van der Waals surface area contributed by atoms with E-state index in [2.05, 4.69) is 26.0 Å². The summed E-state index contributed by atoms with van der Waals surface area (Å²) in [5.41, 5.74) is 0.848. The molecule has 0 radical (unpaired) electrons. The number of amides is 1. The normalized spacial score (nSPS) is 11.8. The van der Waals surface area contributed by atoms with Crippen LogP contribution in [0, 0.1) is 0 Å². The fraction of sp³-hybridized carbons (Fsp3) is 0.0556. The maximum atomic E-state index is 12.5. The van der Waals surface area contributed by atoms with Gasteiger partial charge in [0.1, 0.15) is 0 Å². The highest BCUT2D eigenvalue weighted by atomic mass is 79.9. The van der Waals surface area contributed by atoms with E-state index in [1.54, 1.807) is 54.6 Å². The summed E-state index contributed by atoms with van der Waals surface area (Å²) in [6, 6.07) is 12.9. The zero-order valence-electron chi connectivity index (χ0n) is 13.4. The van der Waals surface area contributed by atoms with Crippen molar-refractivity contribution < 1.29 is 13.2 Å². The number of carbonyl (C=O) groups excluding carboxylic acids is 1. The Kier molecular flexibility index (Phi) is 6.55. The van der Waals surface area contributed by atoms with Gasteiger partial charge in [-0.15, -0.1) is 0 Å². The molecular formula is C18H17BrN2O3S. The van der Waals surface area contributed by atoms with E-state index in [4.69, 9.17) is 0 Å². The first-order valence-electron chi connectivity index (χ1n) is 7.39. The zero-order valence-corrected chi connectivity index (χ0v) is 15.8. The highest BCUT2D eigenvalue weighted by Crippen LogP contribution is 2.20. The summed E-state index contributed by atoms with van der Waals surface area (Å²) < 4.78 is 28.3. The SMILES string of the molecule is C/C=C/C=C/C(=O)Nc1cccc(S(=O)(=O)Nc2ccc(Br)cc2)c1. The molecule has 0 fully saturated rings. The van der Waals surface area contributed by atoms with E-state index in [9.17, 15) is 13.2 Å². The van der Waals surface area contributed by atoms with Gasteiger partial charge in [0.2, 0.25) is 5.91 Å². The molecule has 0 aliphatic heterocycles. The van der Waals surface area contributed by atoms with Crippen molar-refractivity contribution in [3.05, 3.63) is 77.3 Å². The van der Waals surface area contributed by atoms with Crippen LogP contribution in [-0.2, 0) is 14.8 Å². The summed E-state index contributed by atoms with van der Waals surface area (Å²) in [6.07, 6.45) is 6.49. The zero-order chi connectivity index (χ0) is 18.3. The molecule has 2 rings (SSSR count). The maximum absolute atomic E-state index is 12.5. The lowest BCUT2D eigenvalue weighted by Crippen LogP contribution is -2.14. The summed E-state index contributed by atoms with van der Waals surface area (Å²) >= 11 is 3.30. The van der Waals surface area contributed by atoms with Crippen LogP contribution in [0.3, 0.4) is 0 Å². The average Bonchev–Trinajstić information content (AvgIpc) is 2.57. The number of nitrogens with one attached hydrogen (secondary N) is 2. The Labute approximate surface area is 155 Å². The fourth-order valence-corrected chi connectivity index (χ4v) is 3.28. The standard InChI is InChI=1S/C18H17BrN2O3S/c1-2-3-4-8-18(22)20-16-6-5-7-17(13-16)25(23,24)21-15-11-9-14(19)10-12-15/h2-13,21H,1H3,(H,20,22)/b3-2+,8-4+. The lowest BCUT2D eigenvalue weighted by Gasteiger charge is -2.10. The Morgan fingerprint density at radius 2 is 1.76 bits per heavy atom. The number of hydrogen-bond acceptors (Lipinski definition) is 3. The van der Waals surface area contributed by atoms with Crippen molar-refractivity contribution in [1.29, 1.82) is 0 Å². The van der Waals surface area contributed by atoms with Gasteiger partial charge in [-0.1, -0.05) is 40.2 Å². The second-order valence-corrected chi connectivity index (χ2v) is 7.61. The molecule has 7 heteroatoms. The monoisotopic (exact) mass is 420 g/mol. The molecule has 5 nitrogen and oxygen atoms in total. The minimum absolute atomic E-state index is 0.0608. The van der Waals surface area contributed by atoms with E-state index in [0.717, 1.165) is 4.47 Å². The number of rotatable bonds is 6. The van der Waals surface area contributed by atoms with E-state index < -0.39 is 10.0 Å². The molecule has 0 bridgehead atoms. The molecule has 2 aromatic rings. The Bertz CT molecular complexity index is 904. The van der Waals surface area contributed by atoms with Gasteiger partial charge in [-0.3, -0.25) is 9.52 Å². The molecule has 2 aromatic carbocycles. The molecule has 0 unspecified atom stereocenters. The number of benzene rings is 2. The van der Waals surface area contributed by atoms with Crippen LogP contribution in [0.15, 0.2) is 82.2 Å². The molecule has 0 saturated carbocycles. The summed E-state index contributed by atoms with van der Waals surface area (Å²) in [5, 5.41) is 2.63. The largest absolute Gasteiger partial charge is 0.322 e. The number of sulfonamides is 1. The molecule has 25 heavy (non-hydrogen) atoms. The number of allylic oxidation sites excluding steroid dienone is 3. The van der Waals surface area contributed by atoms with Gasteiger partial charge in [0.05, 0.1) is 4.90 Å². The molecule has 0 aliphatic carbocycles. The predicted octanol–water partition coefficient (Wildman–Crippen LogP) is 4.32. The van der Waals surface area contributed by atoms with Crippen LogP contribution in [0.5, 0.6) is 0 Å². The topological polar surface area (TPSA) is 75.3 Å².